The molecule has 0 fully saturated rings. The number of pyridine rings is 1. The van der Waals surface area contributed by atoms with Crippen molar-refractivity contribution >= 4 is 17.5 Å². The third kappa shape index (κ3) is 2.00. The molecule has 1 amide bonds. The number of rotatable bonds is 2. The monoisotopic (exact) mass is 278 g/mol. The van der Waals surface area contributed by atoms with E-state index in [-0.39, 0.29) is 18.7 Å². The lowest BCUT2D eigenvalue weighted by Crippen LogP contribution is -2.47. The number of amides is 1. The summed E-state index contributed by atoms with van der Waals surface area (Å²) in [6.45, 7) is 0.279. The minimum atomic E-state index is -0.334. The molecular formula is C17H14N2O2. The number of hydrogen-bond acceptors (Lipinski definition) is 3. The van der Waals surface area contributed by atoms with Gasteiger partial charge in [0.2, 0.25) is 0 Å². The zero-order valence-corrected chi connectivity index (χ0v) is 11.4. The predicted molar refractivity (Wildman–Crippen MR) is 79.7 cm³/mol. The molecule has 0 saturated carbocycles. The van der Waals surface area contributed by atoms with E-state index >= 15 is 0 Å². The molecule has 0 saturated heterocycles. The summed E-state index contributed by atoms with van der Waals surface area (Å²) >= 11 is 0. The van der Waals surface area contributed by atoms with Crippen molar-refractivity contribution in [2.45, 2.75) is 19.1 Å². The molecule has 1 atom stereocenters. The molecule has 21 heavy (non-hydrogen) atoms. The van der Waals surface area contributed by atoms with Crippen molar-refractivity contribution in [1.82, 2.24) is 4.98 Å². The Kier molecular flexibility index (Phi) is 2.74. The fourth-order valence-corrected chi connectivity index (χ4v) is 2.80. The third-order valence-corrected chi connectivity index (χ3v) is 3.92. The normalized spacial score (nSPS) is 18.4. The minimum Gasteiger partial charge on any atom is -0.444 e. The molecule has 0 radical (unpaired) electrons. The van der Waals surface area contributed by atoms with Gasteiger partial charge in [-0.2, -0.15) is 0 Å². The van der Waals surface area contributed by atoms with E-state index < -0.39 is 0 Å². The fourth-order valence-electron chi connectivity index (χ4n) is 2.80. The van der Waals surface area contributed by atoms with E-state index in [1.54, 1.807) is 11.1 Å². The average molecular weight is 278 g/mol. The van der Waals surface area contributed by atoms with E-state index in [1.807, 2.05) is 42.5 Å². The minimum absolute atomic E-state index is 0.0886. The molecule has 2 bridgehead atoms. The quantitative estimate of drug-likeness (QED) is 0.845. The molecule has 1 aromatic carbocycles. The molecule has 1 aromatic heterocycles. The molecule has 0 spiro atoms. The Bertz CT molecular complexity index is 725. The second-order valence-electron chi connectivity index (χ2n) is 5.25. The van der Waals surface area contributed by atoms with Gasteiger partial charge in [-0.15, -0.1) is 0 Å². The molecule has 104 valence electrons. The van der Waals surface area contributed by atoms with Gasteiger partial charge in [0.1, 0.15) is 12.4 Å². The van der Waals surface area contributed by atoms with Crippen LogP contribution in [-0.4, -0.2) is 17.1 Å². The molecule has 5 rings (SSSR count). The van der Waals surface area contributed by atoms with Gasteiger partial charge in [-0.25, -0.2) is 9.78 Å². The van der Waals surface area contributed by atoms with Crippen LogP contribution in [0.2, 0.25) is 0 Å². The second-order valence-corrected chi connectivity index (χ2v) is 5.25. The maximum Gasteiger partial charge on any atom is 0.416 e. The first-order valence-electron chi connectivity index (χ1n) is 6.99. The Morgan fingerprint density at radius 3 is 2.86 bits per heavy atom. The maximum atomic E-state index is 12.4. The van der Waals surface area contributed by atoms with Crippen LogP contribution in [0.15, 0.2) is 54.7 Å². The zero-order chi connectivity index (χ0) is 14.2. The summed E-state index contributed by atoms with van der Waals surface area (Å²) in [7, 11) is 0. The maximum absolute atomic E-state index is 12.4. The number of benzene rings is 1. The molecule has 2 aliphatic heterocycles. The number of carbonyl (C=O) groups excluding carboxylic acids is 1. The summed E-state index contributed by atoms with van der Waals surface area (Å²) in [6.07, 6.45) is 4.37. The number of carbonyl (C=O) groups is 1. The van der Waals surface area contributed by atoms with Gasteiger partial charge in [-0.05, 0) is 29.7 Å². The number of aromatic nitrogens is 1. The first kappa shape index (κ1) is 12.1. The van der Waals surface area contributed by atoms with E-state index in [1.165, 1.54) is 5.57 Å². The standard InChI is InChI=1S/C17H14N2O2/c20-17(21-11-12-5-2-1-3-6-12)19-14-9-13(10-14)15-7-4-8-18-16(15)19/h1-9,14H,10-11H2. The van der Waals surface area contributed by atoms with Gasteiger partial charge in [-0.3, -0.25) is 4.90 Å². The zero-order valence-electron chi connectivity index (χ0n) is 11.4. The van der Waals surface area contributed by atoms with Crippen LogP contribution in [0.1, 0.15) is 17.5 Å². The molecule has 2 aromatic rings. The molecule has 3 aliphatic rings. The first-order chi connectivity index (χ1) is 10.3. The summed E-state index contributed by atoms with van der Waals surface area (Å²) in [6, 6.07) is 13.7. The molecule has 3 heterocycles. The lowest BCUT2D eigenvalue weighted by atomic mass is 9.82. The van der Waals surface area contributed by atoms with Gasteiger partial charge in [0.25, 0.3) is 0 Å². The van der Waals surface area contributed by atoms with Gasteiger partial charge < -0.3 is 4.74 Å². The second kappa shape index (κ2) is 4.74. The Morgan fingerprint density at radius 2 is 2.05 bits per heavy atom. The first-order valence-corrected chi connectivity index (χ1v) is 6.99. The fraction of sp³-hybridized carbons (Fsp3) is 0.176. The third-order valence-electron chi connectivity index (χ3n) is 3.92. The van der Waals surface area contributed by atoms with Crippen molar-refractivity contribution in [2.75, 3.05) is 4.90 Å². The Labute approximate surface area is 122 Å². The van der Waals surface area contributed by atoms with Crippen LogP contribution in [0.5, 0.6) is 0 Å². The molecule has 4 heteroatoms. The van der Waals surface area contributed by atoms with Crippen molar-refractivity contribution in [3.05, 3.63) is 65.9 Å². The summed E-state index contributed by atoms with van der Waals surface area (Å²) < 4.78 is 5.44. The van der Waals surface area contributed by atoms with Gasteiger partial charge in [0.05, 0.1) is 6.04 Å². The van der Waals surface area contributed by atoms with Gasteiger partial charge >= 0.3 is 6.09 Å². The lowest BCUT2D eigenvalue weighted by molar-refractivity contribution is 0.145. The molecule has 1 aliphatic carbocycles. The number of hydrogen-bond donors (Lipinski definition) is 0. The Hall–Kier alpha value is -2.62. The summed E-state index contributed by atoms with van der Waals surface area (Å²) in [4.78, 5) is 18.4. The molecule has 0 N–H and O–H groups in total. The van der Waals surface area contributed by atoms with Crippen molar-refractivity contribution in [3.8, 4) is 0 Å². The van der Waals surface area contributed by atoms with E-state index in [2.05, 4.69) is 11.1 Å². The van der Waals surface area contributed by atoms with E-state index in [0.717, 1.165) is 17.5 Å². The summed E-state index contributed by atoms with van der Waals surface area (Å²) in [5.41, 5.74) is 3.29. The van der Waals surface area contributed by atoms with Crippen LogP contribution < -0.4 is 4.90 Å². The highest BCUT2D eigenvalue weighted by Crippen LogP contribution is 2.44. The number of ether oxygens (including phenoxy) is 1. The lowest BCUT2D eigenvalue weighted by Gasteiger charge is -2.41. The number of anilines is 1. The van der Waals surface area contributed by atoms with Crippen molar-refractivity contribution in [2.24, 2.45) is 0 Å². The smallest absolute Gasteiger partial charge is 0.416 e. The highest BCUT2D eigenvalue weighted by Gasteiger charge is 2.39. The molecule has 1 unspecified atom stereocenters. The summed E-state index contributed by atoms with van der Waals surface area (Å²) in [5.74, 6) is 0.712. The Morgan fingerprint density at radius 1 is 1.24 bits per heavy atom. The van der Waals surface area contributed by atoms with E-state index in [0.29, 0.717) is 5.82 Å². The van der Waals surface area contributed by atoms with E-state index in [4.69, 9.17) is 4.74 Å². The van der Waals surface area contributed by atoms with Gasteiger partial charge in [0.15, 0.2) is 0 Å². The van der Waals surface area contributed by atoms with Gasteiger partial charge in [0, 0.05) is 11.8 Å². The largest absolute Gasteiger partial charge is 0.444 e. The SMILES string of the molecule is O=C(OCc1ccccc1)N1c2ncccc2C2=CC1C2. The Balaban J connectivity index is 1.54. The van der Waals surface area contributed by atoms with Crippen LogP contribution in [0.3, 0.4) is 0 Å². The topological polar surface area (TPSA) is 42.4 Å². The number of nitrogens with zero attached hydrogens (tertiary/aromatic N) is 2. The summed E-state index contributed by atoms with van der Waals surface area (Å²) in [5, 5.41) is 0. The van der Waals surface area contributed by atoms with E-state index in [9.17, 15) is 4.79 Å². The van der Waals surface area contributed by atoms with Crippen LogP contribution >= 0.6 is 0 Å². The molecule has 4 nitrogen and oxygen atoms in total. The van der Waals surface area contributed by atoms with Crippen LogP contribution in [0.4, 0.5) is 10.6 Å². The van der Waals surface area contributed by atoms with Crippen LogP contribution in [-0.2, 0) is 11.3 Å². The van der Waals surface area contributed by atoms with Crippen LogP contribution in [0.25, 0.3) is 5.57 Å². The van der Waals surface area contributed by atoms with Gasteiger partial charge in [-0.1, -0.05) is 36.4 Å². The van der Waals surface area contributed by atoms with Crippen molar-refractivity contribution in [3.63, 3.8) is 0 Å². The van der Waals surface area contributed by atoms with Crippen molar-refractivity contribution in [1.29, 1.82) is 0 Å². The van der Waals surface area contributed by atoms with Crippen molar-refractivity contribution < 1.29 is 9.53 Å². The average Bonchev–Trinajstić information content (AvgIpc) is 2.51. The highest BCUT2D eigenvalue weighted by atomic mass is 16.6. The van der Waals surface area contributed by atoms with Crippen LogP contribution in [0, 0.1) is 0 Å². The highest BCUT2D eigenvalue weighted by molar-refractivity contribution is 5.98. The molecular weight excluding hydrogens is 264 g/mol. The predicted octanol–water partition coefficient (Wildman–Crippen LogP) is 3.39.